The van der Waals surface area contributed by atoms with E-state index in [9.17, 15) is 14.9 Å². The fraction of sp³-hybridized carbons (Fsp3) is 0.0435. The number of hydrogen-bond donors (Lipinski definition) is 0. The zero-order valence-electron chi connectivity index (χ0n) is 15.6. The van der Waals surface area contributed by atoms with Crippen LogP contribution < -0.4 is 5.56 Å². The van der Waals surface area contributed by atoms with Gasteiger partial charge in [-0.2, -0.15) is 0 Å². The van der Waals surface area contributed by atoms with Gasteiger partial charge in [0.15, 0.2) is 0 Å². The summed E-state index contributed by atoms with van der Waals surface area (Å²) >= 11 is 0. The molecule has 0 aliphatic rings. The second kappa shape index (κ2) is 7.52. The molecular weight excluding hydrogens is 366 g/mol. The summed E-state index contributed by atoms with van der Waals surface area (Å²) in [6.45, 7) is 2.00. The van der Waals surface area contributed by atoms with E-state index in [0.29, 0.717) is 16.7 Å². The van der Waals surface area contributed by atoms with Crippen molar-refractivity contribution < 1.29 is 4.92 Å². The lowest BCUT2D eigenvalue weighted by atomic mass is 10.1. The lowest BCUT2D eigenvalue weighted by Gasteiger charge is -2.10. The molecule has 0 N–H and O–H groups in total. The summed E-state index contributed by atoms with van der Waals surface area (Å²) in [5.74, 6) is 0.534. The van der Waals surface area contributed by atoms with Crippen LogP contribution in [-0.2, 0) is 0 Å². The summed E-state index contributed by atoms with van der Waals surface area (Å²) in [7, 11) is 0. The van der Waals surface area contributed by atoms with Crippen molar-refractivity contribution in [2.45, 2.75) is 6.92 Å². The van der Waals surface area contributed by atoms with Crippen LogP contribution in [0.1, 0.15) is 11.1 Å². The molecule has 0 bridgehead atoms. The molecule has 6 nitrogen and oxygen atoms in total. The van der Waals surface area contributed by atoms with E-state index in [-0.39, 0.29) is 11.2 Å². The van der Waals surface area contributed by atoms with Crippen molar-refractivity contribution in [1.29, 1.82) is 0 Å². The van der Waals surface area contributed by atoms with Crippen molar-refractivity contribution in [3.8, 4) is 11.4 Å². The van der Waals surface area contributed by atoms with Crippen LogP contribution in [0.2, 0.25) is 0 Å². The molecule has 0 fully saturated rings. The Morgan fingerprint density at radius 3 is 2.34 bits per heavy atom. The van der Waals surface area contributed by atoms with Gasteiger partial charge in [-0.3, -0.25) is 19.5 Å². The Hall–Kier alpha value is -4.06. The van der Waals surface area contributed by atoms with Crippen molar-refractivity contribution in [1.82, 2.24) is 9.55 Å². The fourth-order valence-electron chi connectivity index (χ4n) is 3.06. The quantitative estimate of drug-likeness (QED) is 0.371. The second-order valence-corrected chi connectivity index (χ2v) is 6.66. The van der Waals surface area contributed by atoms with E-state index in [1.807, 2.05) is 43.3 Å². The lowest BCUT2D eigenvalue weighted by Crippen LogP contribution is -2.19. The van der Waals surface area contributed by atoms with Crippen LogP contribution in [0.25, 0.3) is 34.6 Å². The van der Waals surface area contributed by atoms with Gasteiger partial charge in [0.25, 0.3) is 11.2 Å². The molecule has 4 aromatic rings. The normalized spacial score (nSPS) is 11.2. The molecular formula is C23H17N3O3. The molecule has 0 aliphatic carbocycles. The molecule has 29 heavy (non-hydrogen) atoms. The molecule has 4 rings (SSSR count). The highest BCUT2D eigenvalue weighted by atomic mass is 16.6. The number of nitrogens with zero attached hydrogens (tertiary/aromatic N) is 3. The highest BCUT2D eigenvalue weighted by Gasteiger charge is 2.11. The Balaban J connectivity index is 1.86. The van der Waals surface area contributed by atoms with E-state index in [1.54, 1.807) is 36.5 Å². The van der Waals surface area contributed by atoms with Crippen LogP contribution in [0, 0.1) is 17.0 Å². The monoisotopic (exact) mass is 383 g/mol. The molecule has 0 unspecified atom stereocenters. The van der Waals surface area contributed by atoms with Gasteiger partial charge >= 0.3 is 0 Å². The van der Waals surface area contributed by atoms with E-state index in [4.69, 9.17) is 4.98 Å². The average Bonchev–Trinajstić information content (AvgIpc) is 2.74. The number of rotatable bonds is 4. The van der Waals surface area contributed by atoms with Gasteiger partial charge in [0.1, 0.15) is 5.82 Å². The summed E-state index contributed by atoms with van der Waals surface area (Å²) in [5.41, 5.74) is 3.16. The molecule has 0 aliphatic heterocycles. The van der Waals surface area contributed by atoms with Crippen LogP contribution in [0.3, 0.4) is 0 Å². The van der Waals surface area contributed by atoms with Gasteiger partial charge in [0.05, 0.1) is 15.8 Å². The maximum Gasteiger partial charge on any atom is 0.269 e. The molecule has 0 saturated carbocycles. The van der Waals surface area contributed by atoms with E-state index in [0.717, 1.165) is 16.7 Å². The van der Waals surface area contributed by atoms with Crippen molar-refractivity contribution in [2.24, 2.45) is 0 Å². The van der Waals surface area contributed by atoms with Crippen molar-refractivity contribution >= 4 is 28.9 Å². The van der Waals surface area contributed by atoms with Crippen LogP contribution in [-0.4, -0.2) is 14.5 Å². The zero-order valence-corrected chi connectivity index (χ0v) is 15.6. The largest absolute Gasteiger partial charge is 0.269 e. The number of aromatic nitrogens is 2. The van der Waals surface area contributed by atoms with Crippen molar-refractivity contribution in [2.75, 3.05) is 0 Å². The minimum absolute atomic E-state index is 0.0204. The smallest absolute Gasteiger partial charge is 0.268 e. The van der Waals surface area contributed by atoms with Crippen molar-refractivity contribution in [3.63, 3.8) is 0 Å². The number of benzene rings is 3. The van der Waals surface area contributed by atoms with Crippen LogP contribution >= 0.6 is 0 Å². The summed E-state index contributed by atoms with van der Waals surface area (Å²) < 4.78 is 1.51. The molecule has 3 aromatic carbocycles. The minimum atomic E-state index is -0.444. The molecule has 1 aromatic heterocycles. The summed E-state index contributed by atoms with van der Waals surface area (Å²) in [6.07, 6.45) is 3.39. The second-order valence-electron chi connectivity index (χ2n) is 6.66. The SMILES string of the molecule is Cc1ccc(-c2nc3ccccc3c(=O)n2C=Cc2ccc([N+](=O)[O-])cc2)cc1. The molecule has 0 spiro atoms. The van der Waals surface area contributed by atoms with E-state index in [2.05, 4.69) is 0 Å². The zero-order chi connectivity index (χ0) is 20.4. The van der Waals surface area contributed by atoms with Gasteiger partial charge in [-0.25, -0.2) is 4.98 Å². The van der Waals surface area contributed by atoms with Gasteiger partial charge in [0.2, 0.25) is 0 Å². The number of para-hydroxylation sites is 1. The molecule has 0 amide bonds. The van der Waals surface area contributed by atoms with E-state index >= 15 is 0 Å². The Kier molecular flexibility index (Phi) is 4.75. The first-order valence-electron chi connectivity index (χ1n) is 9.04. The predicted octanol–water partition coefficient (Wildman–Crippen LogP) is 4.91. The Morgan fingerprint density at radius 1 is 0.966 bits per heavy atom. The van der Waals surface area contributed by atoms with Gasteiger partial charge in [0, 0.05) is 23.9 Å². The summed E-state index contributed by atoms with van der Waals surface area (Å²) in [6, 6.07) is 21.2. The number of nitro groups is 1. The Morgan fingerprint density at radius 2 is 1.66 bits per heavy atom. The van der Waals surface area contributed by atoms with Gasteiger partial charge in [-0.05, 0) is 42.8 Å². The highest BCUT2D eigenvalue weighted by Crippen LogP contribution is 2.20. The first-order valence-corrected chi connectivity index (χ1v) is 9.04. The maximum absolute atomic E-state index is 13.1. The maximum atomic E-state index is 13.1. The first-order chi connectivity index (χ1) is 14.0. The first kappa shape index (κ1) is 18.3. The highest BCUT2D eigenvalue weighted by molar-refractivity contribution is 5.81. The number of fused-ring (bicyclic) bond motifs is 1. The lowest BCUT2D eigenvalue weighted by molar-refractivity contribution is -0.384. The summed E-state index contributed by atoms with van der Waals surface area (Å²) in [5, 5.41) is 11.3. The van der Waals surface area contributed by atoms with Crippen LogP contribution in [0.4, 0.5) is 5.69 Å². The molecule has 0 atom stereocenters. The topological polar surface area (TPSA) is 78.0 Å². The van der Waals surface area contributed by atoms with Gasteiger partial charge in [-0.15, -0.1) is 0 Å². The van der Waals surface area contributed by atoms with Crippen molar-refractivity contribution in [3.05, 3.63) is 104 Å². The molecule has 6 heteroatoms. The Bertz CT molecular complexity index is 1290. The van der Waals surface area contributed by atoms with Gasteiger partial charge in [-0.1, -0.05) is 42.0 Å². The van der Waals surface area contributed by atoms with Gasteiger partial charge < -0.3 is 0 Å². The number of nitro benzene ring substituents is 1. The average molecular weight is 383 g/mol. The third-order valence-corrected chi connectivity index (χ3v) is 4.64. The third-order valence-electron chi connectivity index (χ3n) is 4.64. The van der Waals surface area contributed by atoms with Crippen LogP contribution in [0.15, 0.2) is 77.6 Å². The number of aryl methyl sites for hydroxylation is 1. The molecule has 142 valence electrons. The van der Waals surface area contributed by atoms with Crippen LogP contribution in [0.5, 0.6) is 0 Å². The summed E-state index contributed by atoms with van der Waals surface area (Å²) in [4.78, 5) is 28.2. The van der Waals surface area contributed by atoms with E-state index < -0.39 is 4.92 Å². The fourth-order valence-corrected chi connectivity index (χ4v) is 3.06. The van der Waals surface area contributed by atoms with E-state index in [1.165, 1.54) is 16.7 Å². The minimum Gasteiger partial charge on any atom is -0.268 e. The standard InChI is InChI=1S/C23H17N3O3/c1-16-6-10-18(11-7-16)22-24-21-5-3-2-4-20(21)23(27)25(22)15-14-17-8-12-19(13-9-17)26(28)29/h2-15H,1H3. The third kappa shape index (κ3) is 3.68. The molecule has 1 heterocycles. The molecule has 0 saturated heterocycles. The number of non-ortho nitro benzene ring substituents is 1. The predicted molar refractivity (Wildman–Crippen MR) is 114 cm³/mol. The molecule has 0 radical (unpaired) electrons. The number of hydrogen-bond acceptors (Lipinski definition) is 4. The Labute approximate surface area is 166 Å².